The molecule has 0 saturated carbocycles. The van der Waals surface area contributed by atoms with E-state index in [9.17, 15) is 9.59 Å². The van der Waals surface area contributed by atoms with E-state index in [0.717, 1.165) is 16.1 Å². The van der Waals surface area contributed by atoms with Crippen LogP contribution in [0.25, 0.3) is 0 Å². The van der Waals surface area contributed by atoms with E-state index in [1.54, 1.807) is 11.3 Å². The molecule has 0 unspecified atom stereocenters. The van der Waals surface area contributed by atoms with Crippen LogP contribution in [0.15, 0.2) is 41.8 Å². The molecule has 0 aliphatic carbocycles. The third-order valence-corrected chi connectivity index (χ3v) is 4.03. The molecule has 5 heteroatoms. The summed E-state index contributed by atoms with van der Waals surface area (Å²) in [6, 6.07) is 11.4. The van der Waals surface area contributed by atoms with Crippen molar-refractivity contribution in [2.75, 3.05) is 5.32 Å². The number of carbonyl (C=O) groups is 2. The molecule has 4 nitrogen and oxygen atoms in total. The fourth-order valence-electron chi connectivity index (χ4n) is 1.83. The monoisotopic (exact) mass is 316 g/mol. The molecule has 1 aromatic carbocycles. The van der Waals surface area contributed by atoms with Crippen LogP contribution in [0.3, 0.4) is 0 Å². The summed E-state index contributed by atoms with van der Waals surface area (Å²) < 4.78 is 0. The van der Waals surface area contributed by atoms with Gasteiger partial charge in [0.2, 0.25) is 11.8 Å². The number of anilines is 1. The van der Waals surface area contributed by atoms with Gasteiger partial charge in [0.25, 0.3) is 0 Å². The highest BCUT2D eigenvalue weighted by Gasteiger charge is 2.07. The summed E-state index contributed by atoms with van der Waals surface area (Å²) in [5.74, 6) is -0.0344. The van der Waals surface area contributed by atoms with Crippen LogP contribution in [-0.4, -0.2) is 11.8 Å². The van der Waals surface area contributed by atoms with Crippen LogP contribution in [0.5, 0.6) is 0 Å². The van der Waals surface area contributed by atoms with Gasteiger partial charge in [0.05, 0.1) is 6.42 Å². The van der Waals surface area contributed by atoms with Crippen LogP contribution in [0, 0.1) is 5.92 Å². The van der Waals surface area contributed by atoms with Crippen LogP contribution < -0.4 is 10.6 Å². The van der Waals surface area contributed by atoms with Gasteiger partial charge in [-0.05, 0) is 29.1 Å². The lowest BCUT2D eigenvalue weighted by atomic mass is 10.1. The highest BCUT2D eigenvalue weighted by atomic mass is 32.1. The zero-order chi connectivity index (χ0) is 15.9. The van der Waals surface area contributed by atoms with Crippen molar-refractivity contribution >= 4 is 28.8 Å². The predicted molar refractivity (Wildman–Crippen MR) is 89.8 cm³/mol. The Kier molecular flexibility index (Phi) is 5.72. The Hall–Kier alpha value is -2.14. The van der Waals surface area contributed by atoms with Gasteiger partial charge in [0.15, 0.2) is 0 Å². The normalized spacial score (nSPS) is 10.5. The molecular formula is C17H20N2O2S. The minimum atomic E-state index is -0.0452. The first-order valence-corrected chi connectivity index (χ1v) is 8.11. The second-order valence-corrected chi connectivity index (χ2v) is 6.41. The van der Waals surface area contributed by atoms with Gasteiger partial charge in [-0.1, -0.05) is 32.0 Å². The van der Waals surface area contributed by atoms with Crippen molar-refractivity contribution in [2.45, 2.75) is 26.8 Å². The fraction of sp³-hybridized carbons (Fsp3) is 0.294. The van der Waals surface area contributed by atoms with Gasteiger partial charge in [-0.3, -0.25) is 9.59 Å². The lowest BCUT2D eigenvalue weighted by Gasteiger charge is -2.09. The molecule has 0 atom stereocenters. The summed E-state index contributed by atoms with van der Waals surface area (Å²) >= 11 is 1.58. The van der Waals surface area contributed by atoms with Gasteiger partial charge < -0.3 is 10.6 Å². The highest BCUT2D eigenvalue weighted by molar-refractivity contribution is 7.10. The summed E-state index contributed by atoms with van der Waals surface area (Å²) in [4.78, 5) is 24.5. The molecule has 2 aromatic rings. The number of rotatable bonds is 6. The summed E-state index contributed by atoms with van der Waals surface area (Å²) in [7, 11) is 0. The Balaban J connectivity index is 1.81. The predicted octanol–water partition coefficient (Wildman–Crippen LogP) is 3.20. The van der Waals surface area contributed by atoms with Gasteiger partial charge in [0.1, 0.15) is 0 Å². The lowest BCUT2D eigenvalue weighted by molar-refractivity contribution is -0.120. The van der Waals surface area contributed by atoms with Crippen molar-refractivity contribution in [3.8, 4) is 0 Å². The Labute approximate surface area is 134 Å². The molecule has 0 bridgehead atoms. The molecule has 22 heavy (non-hydrogen) atoms. The first kappa shape index (κ1) is 16.2. The minimum Gasteiger partial charge on any atom is -0.352 e. The lowest BCUT2D eigenvalue weighted by Crippen LogP contribution is -2.24. The quantitative estimate of drug-likeness (QED) is 0.860. The number of hydrogen-bond donors (Lipinski definition) is 2. The molecule has 0 spiro atoms. The smallest absolute Gasteiger partial charge is 0.226 e. The number of amides is 2. The molecule has 0 radical (unpaired) electrons. The number of thiophene rings is 1. The van der Waals surface area contributed by atoms with Crippen molar-refractivity contribution in [3.05, 3.63) is 52.2 Å². The summed E-state index contributed by atoms with van der Waals surface area (Å²) in [5.41, 5.74) is 1.77. The van der Waals surface area contributed by atoms with E-state index in [2.05, 4.69) is 10.6 Å². The van der Waals surface area contributed by atoms with Crippen LogP contribution in [0.2, 0.25) is 0 Å². The van der Waals surface area contributed by atoms with Crippen LogP contribution in [0.4, 0.5) is 5.69 Å². The maximum Gasteiger partial charge on any atom is 0.226 e. The van der Waals surface area contributed by atoms with E-state index in [1.165, 1.54) is 0 Å². The van der Waals surface area contributed by atoms with Gasteiger partial charge in [0, 0.05) is 23.0 Å². The van der Waals surface area contributed by atoms with Crippen LogP contribution >= 0.6 is 11.3 Å². The number of hydrogen-bond acceptors (Lipinski definition) is 3. The molecule has 116 valence electrons. The largest absolute Gasteiger partial charge is 0.352 e. The number of carbonyl (C=O) groups excluding carboxylic acids is 2. The summed E-state index contributed by atoms with van der Waals surface area (Å²) in [6.45, 7) is 4.20. The third-order valence-electron chi connectivity index (χ3n) is 3.15. The van der Waals surface area contributed by atoms with E-state index in [1.807, 2.05) is 55.6 Å². The van der Waals surface area contributed by atoms with Gasteiger partial charge in [-0.15, -0.1) is 11.3 Å². The maximum atomic E-state index is 11.8. The second-order valence-electron chi connectivity index (χ2n) is 5.37. The van der Waals surface area contributed by atoms with Crippen molar-refractivity contribution in [3.63, 3.8) is 0 Å². The van der Waals surface area contributed by atoms with Crippen molar-refractivity contribution in [1.29, 1.82) is 0 Å². The highest BCUT2D eigenvalue weighted by Crippen LogP contribution is 2.12. The molecular weight excluding hydrogens is 296 g/mol. The maximum absolute atomic E-state index is 11.8. The van der Waals surface area contributed by atoms with Crippen LogP contribution in [0.1, 0.15) is 24.3 Å². The fourth-order valence-corrected chi connectivity index (χ4v) is 2.53. The van der Waals surface area contributed by atoms with E-state index in [4.69, 9.17) is 0 Å². The van der Waals surface area contributed by atoms with E-state index in [-0.39, 0.29) is 17.7 Å². The van der Waals surface area contributed by atoms with Gasteiger partial charge in [-0.2, -0.15) is 0 Å². The first-order chi connectivity index (χ1) is 10.5. The average molecular weight is 316 g/mol. The molecule has 0 saturated heterocycles. The molecule has 1 heterocycles. The first-order valence-electron chi connectivity index (χ1n) is 7.23. The zero-order valence-corrected chi connectivity index (χ0v) is 13.6. The van der Waals surface area contributed by atoms with E-state index < -0.39 is 0 Å². The number of nitrogens with one attached hydrogen (secondary N) is 2. The minimum absolute atomic E-state index is 0.00278. The molecule has 2 rings (SSSR count). The molecule has 2 amide bonds. The SMILES string of the molecule is CC(C)C(=O)Nc1ccc(CNC(=O)Cc2cccs2)cc1. The number of benzene rings is 1. The zero-order valence-electron chi connectivity index (χ0n) is 12.8. The Bertz CT molecular complexity index is 619. The second kappa shape index (κ2) is 7.75. The van der Waals surface area contributed by atoms with E-state index in [0.29, 0.717) is 13.0 Å². The van der Waals surface area contributed by atoms with Crippen LogP contribution in [-0.2, 0) is 22.6 Å². The average Bonchev–Trinajstić information content (AvgIpc) is 2.99. The Morgan fingerprint density at radius 2 is 1.86 bits per heavy atom. The summed E-state index contributed by atoms with van der Waals surface area (Å²) in [5, 5.41) is 7.70. The van der Waals surface area contributed by atoms with Crippen molar-refractivity contribution in [1.82, 2.24) is 5.32 Å². The molecule has 1 aromatic heterocycles. The van der Waals surface area contributed by atoms with Gasteiger partial charge in [-0.25, -0.2) is 0 Å². The summed E-state index contributed by atoms with van der Waals surface area (Å²) in [6.07, 6.45) is 0.417. The Morgan fingerprint density at radius 3 is 2.45 bits per heavy atom. The van der Waals surface area contributed by atoms with Crippen molar-refractivity contribution in [2.24, 2.45) is 5.92 Å². The third kappa shape index (κ3) is 5.00. The standard InChI is InChI=1S/C17H20N2O2S/c1-12(2)17(21)19-14-7-5-13(6-8-14)11-18-16(20)10-15-4-3-9-22-15/h3-9,12H,10-11H2,1-2H3,(H,18,20)(H,19,21). The molecule has 0 aliphatic rings. The van der Waals surface area contributed by atoms with Gasteiger partial charge >= 0.3 is 0 Å². The molecule has 0 fully saturated rings. The van der Waals surface area contributed by atoms with E-state index >= 15 is 0 Å². The topological polar surface area (TPSA) is 58.2 Å². The Morgan fingerprint density at radius 1 is 1.14 bits per heavy atom. The molecule has 2 N–H and O–H groups in total. The molecule has 0 aliphatic heterocycles. The van der Waals surface area contributed by atoms with Crippen molar-refractivity contribution < 1.29 is 9.59 Å².